The van der Waals surface area contributed by atoms with Crippen molar-refractivity contribution >= 4 is 43.5 Å². The molecule has 0 bridgehead atoms. The molecule has 0 aliphatic heterocycles. The maximum atomic E-state index is 13.4. The Bertz CT molecular complexity index is 1060. The Balaban J connectivity index is 2.34. The minimum Gasteiger partial charge on any atom is -0.354 e. The molecule has 0 fully saturated rings. The number of amides is 2. The molecule has 10 heteroatoms. The minimum atomic E-state index is -3.78. The lowest BCUT2D eigenvalue weighted by molar-refractivity contribution is -0.139. The van der Waals surface area contributed by atoms with Crippen LogP contribution in [-0.2, 0) is 26.2 Å². The van der Waals surface area contributed by atoms with Gasteiger partial charge in [0.25, 0.3) is 0 Å². The van der Waals surface area contributed by atoms with E-state index in [0.29, 0.717) is 17.8 Å². The Morgan fingerprint density at radius 3 is 2.12 bits per heavy atom. The average Bonchev–Trinajstić information content (AvgIpc) is 2.74. The lowest BCUT2D eigenvalue weighted by Gasteiger charge is -2.31. The van der Waals surface area contributed by atoms with Crippen LogP contribution in [0.3, 0.4) is 0 Å². The summed E-state index contributed by atoms with van der Waals surface area (Å²) < 4.78 is 40.1. The first-order chi connectivity index (χ1) is 15.4. The van der Waals surface area contributed by atoms with Gasteiger partial charge in [-0.1, -0.05) is 41.9 Å². The van der Waals surface area contributed by atoms with Crippen molar-refractivity contribution in [1.29, 1.82) is 0 Å². The first-order valence-corrected chi connectivity index (χ1v) is 13.1. The number of rotatable bonds is 10. The van der Waals surface area contributed by atoms with Crippen molar-refractivity contribution in [2.45, 2.75) is 33.4 Å². The Kier molecular flexibility index (Phi) is 9.42. The summed E-state index contributed by atoms with van der Waals surface area (Å²) in [7, 11) is -3.78. The minimum absolute atomic E-state index is 0.0211. The number of carbonyl (C=O) groups is 2. The molecule has 1 N–H and O–H groups in total. The molecule has 0 saturated carbocycles. The van der Waals surface area contributed by atoms with Crippen LogP contribution in [0.25, 0.3) is 0 Å². The van der Waals surface area contributed by atoms with Crippen LogP contribution in [0.15, 0.2) is 53.0 Å². The molecular formula is C23H29BrFN3O4S. The Morgan fingerprint density at radius 1 is 1.03 bits per heavy atom. The molecule has 2 rings (SSSR count). The molecule has 1 atom stereocenters. The van der Waals surface area contributed by atoms with Crippen LogP contribution in [-0.4, -0.2) is 50.5 Å². The maximum Gasteiger partial charge on any atom is 0.244 e. The van der Waals surface area contributed by atoms with E-state index >= 15 is 0 Å². The number of benzene rings is 2. The molecule has 0 aliphatic rings. The zero-order chi connectivity index (χ0) is 24.8. The van der Waals surface area contributed by atoms with E-state index in [9.17, 15) is 22.4 Å². The molecule has 180 valence electrons. The molecule has 0 aromatic heterocycles. The van der Waals surface area contributed by atoms with E-state index in [0.717, 1.165) is 15.0 Å². The van der Waals surface area contributed by atoms with E-state index in [1.54, 1.807) is 31.2 Å². The van der Waals surface area contributed by atoms with Crippen molar-refractivity contribution in [3.8, 4) is 0 Å². The van der Waals surface area contributed by atoms with Gasteiger partial charge in [0.2, 0.25) is 21.8 Å². The van der Waals surface area contributed by atoms with E-state index < -0.39 is 34.3 Å². The van der Waals surface area contributed by atoms with Crippen molar-refractivity contribution in [2.75, 3.05) is 23.7 Å². The number of hydrogen-bond acceptors (Lipinski definition) is 4. The molecule has 2 aromatic rings. The second-order valence-corrected chi connectivity index (χ2v) is 11.0. The molecule has 0 spiro atoms. The summed E-state index contributed by atoms with van der Waals surface area (Å²) in [5, 5.41) is 2.80. The van der Waals surface area contributed by atoms with Gasteiger partial charge in [-0.3, -0.25) is 13.9 Å². The first-order valence-electron chi connectivity index (χ1n) is 10.4. The molecule has 0 heterocycles. The zero-order valence-electron chi connectivity index (χ0n) is 19.1. The van der Waals surface area contributed by atoms with Crippen LogP contribution >= 0.6 is 15.9 Å². The highest BCUT2D eigenvalue weighted by Crippen LogP contribution is 2.21. The number of halogens is 2. The van der Waals surface area contributed by atoms with Crippen molar-refractivity contribution in [1.82, 2.24) is 10.2 Å². The van der Waals surface area contributed by atoms with Gasteiger partial charge in [-0.2, -0.15) is 0 Å². The number of hydrogen-bond donors (Lipinski definition) is 1. The molecule has 0 unspecified atom stereocenters. The van der Waals surface area contributed by atoms with E-state index in [1.807, 2.05) is 13.8 Å². The standard InChI is InChI=1S/C23H29BrFN3O4S/c1-16(2)13-26-23(30)17(3)27(14-18-5-9-20(25)10-6-18)22(29)15-28(33(4,31)32)21-11-7-19(24)8-12-21/h5-12,16-17H,13-15H2,1-4H3,(H,26,30)/t17-/m0/s1. The van der Waals surface area contributed by atoms with Crippen LogP contribution in [0.5, 0.6) is 0 Å². The number of nitrogens with one attached hydrogen (secondary N) is 1. The molecule has 7 nitrogen and oxygen atoms in total. The van der Waals surface area contributed by atoms with Crippen molar-refractivity contribution < 1.29 is 22.4 Å². The van der Waals surface area contributed by atoms with Gasteiger partial charge in [0, 0.05) is 17.6 Å². The van der Waals surface area contributed by atoms with Gasteiger partial charge in [0.05, 0.1) is 11.9 Å². The summed E-state index contributed by atoms with van der Waals surface area (Å²) in [5.74, 6) is -1.10. The molecular weight excluding hydrogens is 513 g/mol. The normalized spacial score (nSPS) is 12.3. The molecule has 0 aliphatic carbocycles. The zero-order valence-corrected chi connectivity index (χ0v) is 21.5. The SMILES string of the molecule is CC(C)CNC(=O)[C@H](C)N(Cc1ccc(F)cc1)C(=O)CN(c1ccc(Br)cc1)S(C)(=O)=O. The lowest BCUT2D eigenvalue weighted by Crippen LogP contribution is -2.51. The fourth-order valence-corrected chi connectivity index (χ4v) is 4.16. The second kappa shape index (κ2) is 11.6. The van der Waals surface area contributed by atoms with Crippen molar-refractivity contribution in [3.05, 3.63) is 64.4 Å². The fraction of sp³-hybridized carbons (Fsp3) is 0.391. The predicted molar refractivity (Wildman–Crippen MR) is 131 cm³/mol. The third-order valence-corrected chi connectivity index (χ3v) is 6.58. The van der Waals surface area contributed by atoms with Crippen molar-refractivity contribution in [3.63, 3.8) is 0 Å². The maximum absolute atomic E-state index is 13.4. The van der Waals surface area contributed by atoms with E-state index in [2.05, 4.69) is 21.2 Å². The average molecular weight is 542 g/mol. The quantitative estimate of drug-likeness (QED) is 0.498. The molecule has 2 amide bonds. The summed E-state index contributed by atoms with van der Waals surface area (Å²) in [6.07, 6.45) is 1.02. The number of nitrogens with zero attached hydrogens (tertiary/aromatic N) is 2. The van der Waals surface area contributed by atoms with Gasteiger partial charge >= 0.3 is 0 Å². The Hall–Kier alpha value is -2.46. The van der Waals surface area contributed by atoms with Gasteiger partial charge in [-0.15, -0.1) is 0 Å². The molecule has 33 heavy (non-hydrogen) atoms. The predicted octanol–water partition coefficient (Wildman–Crippen LogP) is 3.54. The lowest BCUT2D eigenvalue weighted by atomic mass is 10.1. The monoisotopic (exact) mass is 541 g/mol. The number of carbonyl (C=O) groups excluding carboxylic acids is 2. The highest BCUT2D eigenvalue weighted by molar-refractivity contribution is 9.10. The molecule has 0 radical (unpaired) electrons. The van der Waals surface area contributed by atoms with Gasteiger partial charge in [0.1, 0.15) is 18.4 Å². The van der Waals surface area contributed by atoms with Gasteiger partial charge in [-0.25, -0.2) is 12.8 Å². The summed E-state index contributed by atoms with van der Waals surface area (Å²) in [4.78, 5) is 27.4. The van der Waals surface area contributed by atoms with E-state index in [1.165, 1.54) is 29.2 Å². The highest BCUT2D eigenvalue weighted by atomic mass is 79.9. The summed E-state index contributed by atoms with van der Waals surface area (Å²) in [6.45, 7) is 5.47. The molecule has 2 aromatic carbocycles. The third kappa shape index (κ3) is 8.12. The highest BCUT2D eigenvalue weighted by Gasteiger charge is 2.30. The van der Waals surface area contributed by atoms with E-state index in [-0.39, 0.29) is 18.4 Å². The first kappa shape index (κ1) is 26.8. The van der Waals surface area contributed by atoms with Crippen molar-refractivity contribution in [2.24, 2.45) is 5.92 Å². The van der Waals surface area contributed by atoms with Crippen LogP contribution in [0.1, 0.15) is 26.3 Å². The smallest absolute Gasteiger partial charge is 0.244 e. The van der Waals surface area contributed by atoms with Gasteiger partial charge in [0.15, 0.2) is 0 Å². The Morgan fingerprint density at radius 2 is 1.61 bits per heavy atom. The van der Waals surface area contributed by atoms with Crippen LogP contribution in [0, 0.1) is 11.7 Å². The van der Waals surface area contributed by atoms with Crippen LogP contribution < -0.4 is 9.62 Å². The summed E-state index contributed by atoms with van der Waals surface area (Å²) >= 11 is 3.31. The summed E-state index contributed by atoms with van der Waals surface area (Å²) in [6, 6.07) is 11.2. The number of anilines is 1. The fourth-order valence-electron chi connectivity index (χ4n) is 3.04. The van der Waals surface area contributed by atoms with Gasteiger partial charge < -0.3 is 10.2 Å². The molecule has 0 saturated heterocycles. The number of sulfonamides is 1. The topological polar surface area (TPSA) is 86.8 Å². The largest absolute Gasteiger partial charge is 0.354 e. The van der Waals surface area contributed by atoms with Gasteiger partial charge in [-0.05, 0) is 54.8 Å². The van der Waals surface area contributed by atoms with Crippen LogP contribution in [0.4, 0.5) is 10.1 Å². The van der Waals surface area contributed by atoms with E-state index in [4.69, 9.17) is 0 Å². The van der Waals surface area contributed by atoms with Crippen LogP contribution in [0.2, 0.25) is 0 Å². The Labute approximate surface area is 203 Å². The second-order valence-electron chi connectivity index (χ2n) is 8.21. The third-order valence-electron chi connectivity index (χ3n) is 4.91. The summed E-state index contributed by atoms with van der Waals surface area (Å²) in [5.41, 5.74) is 0.940.